The molecule has 0 aromatic rings. The monoisotopic (exact) mass is 196 g/mol. The molecule has 0 aromatic heterocycles. The van der Waals surface area contributed by atoms with Crippen molar-refractivity contribution in [2.24, 2.45) is 4.99 Å². The van der Waals surface area contributed by atoms with Gasteiger partial charge in [-0.3, -0.25) is 4.99 Å². The van der Waals surface area contributed by atoms with Gasteiger partial charge in [-0.05, 0) is 0 Å². The number of nitrogens with zero attached hydrogens (tertiary/aromatic N) is 1. The average Bonchev–Trinajstić information content (AvgIpc) is 2.34. The van der Waals surface area contributed by atoms with E-state index in [9.17, 15) is 4.39 Å². The molecule has 0 amide bonds. The lowest BCUT2D eigenvalue weighted by molar-refractivity contribution is 0.649. The molecule has 0 saturated heterocycles. The Morgan fingerprint density at radius 1 is 1.82 bits per heavy atom. The second-order valence-electron chi connectivity index (χ2n) is 1.92. The van der Waals surface area contributed by atoms with Crippen LogP contribution >= 0.6 is 24.2 Å². The van der Waals surface area contributed by atoms with Crippen LogP contribution in [0.25, 0.3) is 0 Å². The number of hydrogen-bond acceptors (Lipinski definition) is 3. The van der Waals surface area contributed by atoms with Gasteiger partial charge in [0.25, 0.3) is 0 Å². The first-order valence-electron chi connectivity index (χ1n) is 3.03. The lowest BCUT2D eigenvalue weighted by Crippen LogP contribution is -2.15. The van der Waals surface area contributed by atoms with Gasteiger partial charge < -0.3 is 5.32 Å². The van der Waals surface area contributed by atoms with E-state index in [4.69, 9.17) is 0 Å². The normalized spacial score (nSPS) is 14.8. The molecule has 64 valence electrons. The van der Waals surface area contributed by atoms with Crippen LogP contribution in [0.4, 0.5) is 4.39 Å². The highest BCUT2D eigenvalue weighted by molar-refractivity contribution is 8.14. The van der Waals surface area contributed by atoms with Gasteiger partial charge in [-0.15, -0.1) is 12.4 Å². The molecule has 0 saturated carbocycles. The van der Waals surface area contributed by atoms with Gasteiger partial charge in [0, 0.05) is 6.54 Å². The van der Waals surface area contributed by atoms with E-state index in [1.807, 2.05) is 0 Å². The van der Waals surface area contributed by atoms with E-state index in [0.717, 1.165) is 18.3 Å². The van der Waals surface area contributed by atoms with Crippen molar-refractivity contribution in [1.29, 1.82) is 0 Å². The number of nitrogens with one attached hydrogen (secondary N) is 1. The highest BCUT2D eigenvalue weighted by Gasteiger charge is 2.04. The van der Waals surface area contributed by atoms with Gasteiger partial charge in [-0.25, -0.2) is 4.39 Å². The summed E-state index contributed by atoms with van der Waals surface area (Å²) < 4.78 is 12.1. The molecule has 5 heteroatoms. The third-order valence-electron chi connectivity index (χ3n) is 1.01. The van der Waals surface area contributed by atoms with Crippen LogP contribution in [-0.2, 0) is 0 Å². The van der Waals surface area contributed by atoms with Crippen LogP contribution in [0.3, 0.4) is 0 Å². The van der Waals surface area contributed by atoms with Crippen molar-refractivity contribution < 1.29 is 4.39 Å². The second-order valence-corrected chi connectivity index (χ2v) is 2.88. The summed E-state index contributed by atoms with van der Waals surface area (Å²) in [5.41, 5.74) is 0. The fourth-order valence-corrected chi connectivity index (χ4v) is 1.30. The van der Waals surface area contributed by atoms with E-state index in [1.165, 1.54) is 11.8 Å². The van der Waals surface area contributed by atoms with E-state index < -0.39 is 0 Å². The molecule has 1 heterocycles. The first-order chi connectivity index (χ1) is 4.79. The largest absolute Gasteiger partial charge is 0.363 e. The summed E-state index contributed by atoms with van der Waals surface area (Å²) in [5, 5.41) is 3.85. The maximum absolute atomic E-state index is 12.1. The van der Waals surface area contributed by atoms with Crippen molar-refractivity contribution in [3.8, 4) is 0 Å². The predicted molar refractivity (Wildman–Crippen MR) is 50.3 cm³/mol. The highest BCUT2D eigenvalue weighted by Crippen LogP contribution is 2.09. The molecule has 0 aliphatic carbocycles. The molecule has 0 aromatic carbocycles. The Morgan fingerprint density at radius 2 is 2.55 bits per heavy atom. The summed E-state index contributed by atoms with van der Waals surface area (Å²) in [6.45, 7) is 4.83. The summed E-state index contributed by atoms with van der Waals surface area (Å²) in [5.74, 6) is 0.00708. The Kier molecular flexibility index (Phi) is 5.32. The number of hydrogen-bond donors (Lipinski definition) is 1. The SMILES string of the molecule is C=C(F)CSC1=NCCN1.Cl. The van der Waals surface area contributed by atoms with Gasteiger partial charge in [0.15, 0.2) is 5.17 Å². The summed E-state index contributed by atoms with van der Waals surface area (Å²) in [6.07, 6.45) is 0. The van der Waals surface area contributed by atoms with Gasteiger partial charge in [-0.1, -0.05) is 18.3 Å². The first-order valence-corrected chi connectivity index (χ1v) is 4.02. The fraction of sp³-hybridized carbons (Fsp3) is 0.500. The minimum absolute atomic E-state index is 0. The standard InChI is InChI=1S/C6H9FN2S.ClH/c1-5(7)4-10-6-8-2-3-9-6;/h1-4H2,(H,8,9);1H. The lowest BCUT2D eigenvalue weighted by atomic mass is 10.7. The number of thioether (sulfide) groups is 1. The van der Waals surface area contributed by atoms with Crippen molar-refractivity contribution in [1.82, 2.24) is 5.32 Å². The lowest BCUT2D eigenvalue weighted by Gasteiger charge is -1.97. The molecule has 1 aliphatic heterocycles. The number of halogens is 2. The molecule has 0 atom stereocenters. The van der Waals surface area contributed by atoms with E-state index in [1.54, 1.807) is 0 Å². The summed E-state index contributed by atoms with van der Waals surface area (Å²) in [7, 11) is 0. The molecule has 11 heavy (non-hydrogen) atoms. The third-order valence-corrected chi connectivity index (χ3v) is 2.01. The Labute approximate surface area is 75.8 Å². The Hall–Kier alpha value is -0.220. The molecule has 0 bridgehead atoms. The van der Waals surface area contributed by atoms with E-state index in [2.05, 4.69) is 16.9 Å². The molecule has 1 aliphatic rings. The average molecular weight is 197 g/mol. The van der Waals surface area contributed by atoms with Crippen molar-refractivity contribution >= 4 is 29.3 Å². The minimum Gasteiger partial charge on any atom is -0.363 e. The summed E-state index contributed by atoms with van der Waals surface area (Å²) in [4.78, 5) is 4.07. The van der Waals surface area contributed by atoms with E-state index >= 15 is 0 Å². The van der Waals surface area contributed by atoms with Crippen molar-refractivity contribution in [2.75, 3.05) is 18.8 Å². The highest BCUT2D eigenvalue weighted by atomic mass is 35.5. The Bertz CT molecular complexity index is 172. The molecular weight excluding hydrogens is 187 g/mol. The maximum atomic E-state index is 12.1. The molecule has 2 nitrogen and oxygen atoms in total. The fourth-order valence-electron chi connectivity index (χ4n) is 0.620. The third kappa shape index (κ3) is 4.27. The molecule has 0 unspecified atom stereocenters. The van der Waals surface area contributed by atoms with E-state index in [0.29, 0.717) is 5.75 Å². The van der Waals surface area contributed by atoms with Gasteiger partial charge in [0.05, 0.1) is 12.3 Å². The number of amidine groups is 1. The van der Waals surface area contributed by atoms with Crippen LogP contribution in [-0.4, -0.2) is 24.0 Å². The van der Waals surface area contributed by atoms with Gasteiger partial charge in [0.1, 0.15) is 5.83 Å². The number of aliphatic imine (C=N–C) groups is 1. The maximum Gasteiger partial charge on any atom is 0.157 e. The van der Waals surface area contributed by atoms with Gasteiger partial charge >= 0.3 is 0 Å². The van der Waals surface area contributed by atoms with Crippen molar-refractivity contribution in [2.45, 2.75) is 0 Å². The zero-order valence-electron chi connectivity index (χ0n) is 5.97. The van der Waals surface area contributed by atoms with Crippen LogP contribution in [0.5, 0.6) is 0 Å². The predicted octanol–water partition coefficient (Wildman–Crippen LogP) is 1.58. The zero-order valence-corrected chi connectivity index (χ0v) is 7.60. The van der Waals surface area contributed by atoms with Crippen LogP contribution in [0.15, 0.2) is 17.4 Å². The molecule has 0 spiro atoms. The van der Waals surface area contributed by atoms with Gasteiger partial charge in [-0.2, -0.15) is 0 Å². The zero-order chi connectivity index (χ0) is 7.40. The molecule has 0 radical (unpaired) electrons. The smallest absolute Gasteiger partial charge is 0.157 e. The topological polar surface area (TPSA) is 24.4 Å². The molecule has 1 rings (SSSR count). The van der Waals surface area contributed by atoms with Crippen LogP contribution < -0.4 is 5.32 Å². The summed E-state index contributed by atoms with van der Waals surface area (Å²) >= 11 is 1.36. The van der Waals surface area contributed by atoms with Crippen molar-refractivity contribution in [3.63, 3.8) is 0 Å². The van der Waals surface area contributed by atoms with E-state index in [-0.39, 0.29) is 18.2 Å². The Morgan fingerprint density at radius 3 is 3.00 bits per heavy atom. The minimum atomic E-state index is -0.304. The quantitative estimate of drug-likeness (QED) is 0.726. The molecule has 0 fully saturated rings. The van der Waals surface area contributed by atoms with Crippen LogP contribution in [0.2, 0.25) is 0 Å². The van der Waals surface area contributed by atoms with Crippen LogP contribution in [0, 0.1) is 0 Å². The Balaban J connectivity index is 0.000001000. The molecule has 1 N–H and O–H groups in total. The first kappa shape index (κ1) is 10.8. The second kappa shape index (κ2) is 5.43. The summed E-state index contributed by atoms with van der Waals surface area (Å²) in [6, 6.07) is 0. The van der Waals surface area contributed by atoms with Crippen LogP contribution in [0.1, 0.15) is 0 Å². The van der Waals surface area contributed by atoms with Crippen molar-refractivity contribution in [3.05, 3.63) is 12.4 Å². The van der Waals surface area contributed by atoms with Gasteiger partial charge in [0.2, 0.25) is 0 Å². The number of rotatable bonds is 2. The molecular formula is C6H10ClFN2S.